The molecule has 10 heteroatoms. The molecule has 0 bridgehead atoms. The molecule has 1 aromatic rings. The summed E-state index contributed by atoms with van der Waals surface area (Å²) in [5.41, 5.74) is 8.45. The van der Waals surface area contributed by atoms with Crippen LogP contribution in [0.15, 0.2) is 44.7 Å². The molecule has 1 rings (SSSR count). The Morgan fingerprint density at radius 2 is 1.21 bits per heavy atom. The number of rotatable bonds is 8. The Bertz CT molecular complexity index is 737. The SMILES string of the molecule is CCN(CC)C([S-])=NN=C(C)C(=NN=C([S-])N(CC)CC)c1ccc(N)cc1.[Cu+2]. The van der Waals surface area contributed by atoms with Crippen molar-refractivity contribution < 1.29 is 17.1 Å². The van der Waals surface area contributed by atoms with Gasteiger partial charge in [-0.15, -0.1) is 5.10 Å². The van der Waals surface area contributed by atoms with Gasteiger partial charge in [0.25, 0.3) is 0 Å². The molecule has 0 unspecified atom stereocenters. The molecule has 1 aromatic carbocycles. The Balaban J connectivity index is 0.00000784. The van der Waals surface area contributed by atoms with E-state index in [4.69, 9.17) is 31.0 Å². The summed E-state index contributed by atoms with van der Waals surface area (Å²) in [6.07, 6.45) is 0. The van der Waals surface area contributed by atoms with Crippen molar-refractivity contribution in [2.24, 2.45) is 20.4 Å². The van der Waals surface area contributed by atoms with Crippen LogP contribution in [-0.2, 0) is 42.3 Å². The normalized spacial score (nSPS) is 13.1. The number of anilines is 1. The Morgan fingerprint density at radius 3 is 1.62 bits per heavy atom. The topological polar surface area (TPSA) is 81.9 Å². The molecule has 0 amide bonds. The summed E-state index contributed by atoms with van der Waals surface area (Å²) in [6, 6.07) is 7.34. The zero-order valence-corrected chi connectivity index (χ0v) is 20.1. The minimum Gasteiger partial charge on any atom is -0.741 e. The minimum atomic E-state index is 0. The third-order valence-electron chi connectivity index (χ3n) is 4.12. The molecule has 1 radical (unpaired) electrons. The second-order valence-electron chi connectivity index (χ2n) is 5.87. The van der Waals surface area contributed by atoms with Crippen molar-refractivity contribution in [1.82, 2.24) is 9.80 Å². The second-order valence-corrected chi connectivity index (χ2v) is 6.60. The van der Waals surface area contributed by atoms with Crippen molar-refractivity contribution in [2.75, 3.05) is 31.9 Å². The van der Waals surface area contributed by atoms with Gasteiger partial charge in [-0.1, -0.05) is 12.1 Å². The molecule has 163 valence electrons. The molecule has 0 spiro atoms. The quantitative estimate of drug-likeness (QED) is 0.154. The number of amidine groups is 2. The van der Waals surface area contributed by atoms with E-state index in [0.29, 0.717) is 27.4 Å². The predicted octanol–water partition coefficient (Wildman–Crippen LogP) is 2.84. The summed E-state index contributed by atoms with van der Waals surface area (Å²) in [5, 5.41) is 17.9. The van der Waals surface area contributed by atoms with Crippen LogP contribution in [-0.4, -0.2) is 57.7 Å². The van der Waals surface area contributed by atoms with Crippen molar-refractivity contribution in [3.63, 3.8) is 0 Å². The zero-order valence-electron chi connectivity index (χ0n) is 17.5. The van der Waals surface area contributed by atoms with Gasteiger partial charge in [-0.05, 0) is 46.8 Å². The van der Waals surface area contributed by atoms with E-state index in [0.717, 1.165) is 31.7 Å². The van der Waals surface area contributed by atoms with Gasteiger partial charge < -0.3 is 40.8 Å². The molecule has 7 nitrogen and oxygen atoms in total. The standard InChI is InChI=1S/C19H31N7S2.Cu/c1-6-25(7-2)18(27)23-21-14(5)17(15-10-12-16(20)13-11-15)22-24-19(28)26(8-3)9-4;/h10-13H,6-9,20H2,1-5H3,(H,23,27)(H,24,28);/q;+2/p-2. The van der Waals surface area contributed by atoms with Crippen LogP contribution in [0.3, 0.4) is 0 Å². The maximum absolute atomic E-state index is 5.80. The van der Waals surface area contributed by atoms with E-state index in [9.17, 15) is 0 Å². The summed E-state index contributed by atoms with van der Waals surface area (Å²) in [7, 11) is 0. The maximum atomic E-state index is 5.80. The number of benzene rings is 1. The van der Waals surface area contributed by atoms with E-state index in [2.05, 4.69) is 20.4 Å². The smallest absolute Gasteiger partial charge is 0.741 e. The first kappa shape index (κ1) is 27.3. The van der Waals surface area contributed by atoms with Crippen molar-refractivity contribution in [3.8, 4) is 0 Å². The number of nitrogens with zero attached hydrogens (tertiary/aromatic N) is 6. The molecule has 0 aliphatic heterocycles. The molecule has 0 heterocycles. The molecule has 0 saturated heterocycles. The monoisotopic (exact) mass is 482 g/mol. The Morgan fingerprint density at radius 1 is 0.793 bits per heavy atom. The van der Waals surface area contributed by atoms with Crippen molar-refractivity contribution >= 4 is 52.7 Å². The zero-order chi connectivity index (χ0) is 21.1. The number of hydrogen-bond donors (Lipinski definition) is 1. The molecule has 29 heavy (non-hydrogen) atoms. The van der Waals surface area contributed by atoms with Crippen LogP contribution >= 0.6 is 0 Å². The summed E-state index contributed by atoms with van der Waals surface area (Å²) in [4.78, 5) is 3.90. The van der Waals surface area contributed by atoms with E-state index >= 15 is 0 Å². The van der Waals surface area contributed by atoms with E-state index in [-0.39, 0.29) is 17.1 Å². The number of nitrogens with two attached hydrogens (primary N) is 1. The van der Waals surface area contributed by atoms with E-state index in [1.165, 1.54) is 0 Å². The van der Waals surface area contributed by atoms with Crippen LogP contribution in [0.5, 0.6) is 0 Å². The molecular weight excluding hydrogens is 454 g/mol. The molecule has 2 N–H and O–H groups in total. The van der Waals surface area contributed by atoms with Crippen molar-refractivity contribution in [2.45, 2.75) is 34.6 Å². The molecular formula is C19H29CuN7S2. The molecule has 0 aliphatic rings. The summed E-state index contributed by atoms with van der Waals surface area (Å²) in [5.74, 6) is 0. The summed E-state index contributed by atoms with van der Waals surface area (Å²) < 4.78 is 0. The summed E-state index contributed by atoms with van der Waals surface area (Å²) >= 11 is 10.7. The van der Waals surface area contributed by atoms with Gasteiger partial charge in [-0.2, -0.15) is 15.3 Å². The summed E-state index contributed by atoms with van der Waals surface area (Å²) in [6.45, 7) is 13.0. The van der Waals surface area contributed by atoms with E-state index < -0.39 is 0 Å². The van der Waals surface area contributed by atoms with Gasteiger partial charge in [0.2, 0.25) is 0 Å². The average Bonchev–Trinajstić information content (AvgIpc) is 2.69. The first-order chi connectivity index (χ1) is 13.4. The fourth-order valence-corrected chi connectivity index (χ4v) is 2.95. The third-order valence-corrected chi connectivity index (χ3v) is 4.80. The second kappa shape index (κ2) is 14.3. The first-order valence-electron chi connectivity index (χ1n) is 9.35. The van der Waals surface area contributed by atoms with Gasteiger partial charge in [0, 0.05) is 47.8 Å². The number of nitrogen functional groups attached to an aromatic ring is 1. The third kappa shape index (κ3) is 8.65. The molecule has 0 fully saturated rings. The number of hydrogen-bond acceptors (Lipinski definition) is 7. The molecule has 0 saturated carbocycles. The van der Waals surface area contributed by atoms with Gasteiger partial charge >= 0.3 is 17.1 Å². The molecule has 0 atom stereocenters. The van der Waals surface area contributed by atoms with Gasteiger partial charge in [-0.3, -0.25) is 0 Å². The maximum Gasteiger partial charge on any atom is 2.00 e. The van der Waals surface area contributed by atoms with Gasteiger partial charge in [0.1, 0.15) is 5.71 Å². The van der Waals surface area contributed by atoms with Gasteiger partial charge in [0.05, 0.1) is 5.71 Å². The van der Waals surface area contributed by atoms with Crippen LogP contribution in [0.25, 0.3) is 0 Å². The van der Waals surface area contributed by atoms with Crippen molar-refractivity contribution in [1.29, 1.82) is 0 Å². The van der Waals surface area contributed by atoms with Crippen molar-refractivity contribution in [3.05, 3.63) is 29.8 Å². The molecule has 0 aromatic heterocycles. The predicted molar refractivity (Wildman–Crippen MR) is 126 cm³/mol. The average molecular weight is 483 g/mol. The van der Waals surface area contributed by atoms with Crippen LogP contribution < -0.4 is 5.73 Å². The Labute approximate surface area is 195 Å². The van der Waals surface area contributed by atoms with Gasteiger partial charge in [0.15, 0.2) is 0 Å². The largest absolute Gasteiger partial charge is 2.00 e. The van der Waals surface area contributed by atoms with E-state index in [1.54, 1.807) is 12.1 Å². The van der Waals surface area contributed by atoms with Crippen LogP contribution in [0.1, 0.15) is 40.2 Å². The van der Waals surface area contributed by atoms with E-state index in [1.807, 2.05) is 56.6 Å². The Hall–Kier alpha value is -1.74. The first-order valence-corrected chi connectivity index (χ1v) is 10.2. The minimum absolute atomic E-state index is 0. The van der Waals surface area contributed by atoms with Crippen LogP contribution in [0.4, 0.5) is 5.69 Å². The van der Waals surface area contributed by atoms with Crippen LogP contribution in [0.2, 0.25) is 0 Å². The van der Waals surface area contributed by atoms with Crippen LogP contribution in [0, 0.1) is 0 Å². The fourth-order valence-electron chi connectivity index (χ4n) is 2.35. The van der Waals surface area contributed by atoms with Gasteiger partial charge in [-0.25, -0.2) is 0 Å². The molecule has 0 aliphatic carbocycles. The fraction of sp³-hybridized carbons (Fsp3) is 0.474. The Kier molecular flexibility index (Phi) is 13.4.